The molecule has 2 rings (SSSR count). The zero-order valence-corrected chi connectivity index (χ0v) is 15.8. The molecule has 3 N–H and O–H groups in total. The van der Waals surface area contributed by atoms with Crippen molar-refractivity contribution < 1.29 is 27.6 Å². The van der Waals surface area contributed by atoms with Crippen LogP contribution in [0.15, 0.2) is 40.5 Å². The van der Waals surface area contributed by atoms with Gasteiger partial charge in [0.1, 0.15) is 18.9 Å². The molecule has 1 heterocycles. The van der Waals surface area contributed by atoms with Crippen LogP contribution in [-0.4, -0.2) is 39.4 Å². The number of oxime groups is 1. The molecule has 0 amide bonds. The van der Waals surface area contributed by atoms with Gasteiger partial charge in [-0.25, -0.2) is 0 Å². The van der Waals surface area contributed by atoms with Gasteiger partial charge in [0.05, 0.1) is 5.56 Å². The van der Waals surface area contributed by atoms with Crippen LogP contribution in [-0.2, 0) is 12.7 Å². The fraction of sp³-hybridized carbons (Fsp3) is 0.389. The third-order valence-corrected chi connectivity index (χ3v) is 3.90. The molecule has 0 aliphatic carbocycles. The molecule has 1 aromatic carbocycles. The molecular formula is C18H22F3N5O3. The minimum atomic E-state index is -4.62. The lowest BCUT2D eigenvalue weighted by molar-refractivity contribution is -0.138. The highest BCUT2D eigenvalue weighted by atomic mass is 19.4. The van der Waals surface area contributed by atoms with Gasteiger partial charge >= 0.3 is 6.18 Å². The van der Waals surface area contributed by atoms with Crippen LogP contribution >= 0.6 is 0 Å². The maximum Gasteiger partial charge on any atom is 0.419 e. The molecule has 0 saturated heterocycles. The molecular weight excluding hydrogens is 391 g/mol. The van der Waals surface area contributed by atoms with Crippen molar-refractivity contribution in [3.8, 4) is 17.1 Å². The molecule has 0 radical (unpaired) electrons. The van der Waals surface area contributed by atoms with Gasteiger partial charge in [0.25, 0.3) is 0 Å². The number of alkyl halides is 3. The fourth-order valence-electron chi connectivity index (χ4n) is 2.45. The summed E-state index contributed by atoms with van der Waals surface area (Å²) in [7, 11) is 0. The van der Waals surface area contributed by atoms with Crippen molar-refractivity contribution in [2.75, 3.05) is 13.2 Å². The maximum atomic E-state index is 13.4. The minimum absolute atomic E-state index is 0.0179. The van der Waals surface area contributed by atoms with Crippen molar-refractivity contribution in [2.24, 2.45) is 10.9 Å². The van der Waals surface area contributed by atoms with Crippen molar-refractivity contribution in [3.05, 3.63) is 42.3 Å². The van der Waals surface area contributed by atoms with Crippen molar-refractivity contribution in [1.82, 2.24) is 15.0 Å². The van der Waals surface area contributed by atoms with Crippen LogP contribution in [0, 0.1) is 0 Å². The molecule has 158 valence electrons. The van der Waals surface area contributed by atoms with E-state index in [1.807, 2.05) is 6.92 Å². The quantitative estimate of drug-likeness (QED) is 0.212. The van der Waals surface area contributed by atoms with Crippen LogP contribution in [0.2, 0.25) is 0 Å². The van der Waals surface area contributed by atoms with Gasteiger partial charge in [-0.1, -0.05) is 36.3 Å². The molecule has 0 aliphatic heterocycles. The Labute approximate surface area is 165 Å². The molecule has 0 aliphatic rings. The topological polar surface area (TPSA) is 110 Å². The van der Waals surface area contributed by atoms with E-state index in [0.717, 1.165) is 18.9 Å². The van der Waals surface area contributed by atoms with E-state index in [4.69, 9.17) is 20.2 Å². The van der Waals surface area contributed by atoms with Crippen molar-refractivity contribution in [1.29, 1.82) is 0 Å². The third-order valence-electron chi connectivity index (χ3n) is 3.90. The monoisotopic (exact) mass is 413 g/mol. The van der Waals surface area contributed by atoms with Crippen molar-refractivity contribution in [2.45, 2.75) is 32.5 Å². The smallest absolute Gasteiger partial charge is 0.419 e. The summed E-state index contributed by atoms with van der Waals surface area (Å²) in [5.41, 5.74) is 4.80. The van der Waals surface area contributed by atoms with Crippen molar-refractivity contribution >= 4 is 5.96 Å². The highest BCUT2D eigenvalue weighted by Gasteiger charge is 2.35. The summed E-state index contributed by atoms with van der Waals surface area (Å²) in [4.78, 5) is 5.65. The van der Waals surface area contributed by atoms with E-state index in [0.29, 0.717) is 6.54 Å². The van der Waals surface area contributed by atoms with E-state index in [1.165, 1.54) is 23.1 Å². The van der Waals surface area contributed by atoms with Crippen LogP contribution in [0.1, 0.15) is 31.2 Å². The summed E-state index contributed by atoms with van der Waals surface area (Å²) in [5, 5.41) is 15.6. The summed E-state index contributed by atoms with van der Waals surface area (Å²) in [6.07, 6.45) is -1.61. The summed E-state index contributed by atoms with van der Waals surface area (Å²) < 4.78 is 50.3. The first kappa shape index (κ1) is 22.1. The summed E-state index contributed by atoms with van der Waals surface area (Å²) in [6.45, 7) is 5.88. The summed E-state index contributed by atoms with van der Waals surface area (Å²) in [6, 6.07) is 3.49. The lowest BCUT2D eigenvalue weighted by Gasteiger charge is -2.19. The van der Waals surface area contributed by atoms with Crippen LogP contribution < -0.4 is 10.5 Å². The van der Waals surface area contributed by atoms with Crippen LogP contribution in [0.25, 0.3) is 11.4 Å². The molecule has 0 fully saturated rings. The number of guanidine groups is 1. The Bertz CT molecular complexity index is 852. The van der Waals surface area contributed by atoms with Gasteiger partial charge in [0.15, 0.2) is 0 Å². The molecule has 2 aromatic rings. The number of hydrogen-bond acceptors (Lipinski definition) is 6. The van der Waals surface area contributed by atoms with Gasteiger partial charge < -0.3 is 25.1 Å². The van der Waals surface area contributed by atoms with Gasteiger partial charge in [0.2, 0.25) is 17.7 Å². The Hall–Kier alpha value is -3.24. The Morgan fingerprint density at radius 3 is 2.83 bits per heavy atom. The summed E-state index contributed by atoms with van der Waals surface area (Å²) >= 11 is 0. The van der Waals surface area contributed by atoms with Crippen LogP contribution in [0.3, 0.4) is 0 Å². The van der Waals surface area contributed by atoms with Crippen LogP contribution in [0.5, 0.6) is 5.75 Å². The first-order chi connectivity index (χ1) is 13.8. The van der Waals surface area contributed by atoms with E-state index in [2.05, 4.69) is 21.9 Å². The normalized spacial score (nSPS) is 12.1. The largest absolute Gasteiger partial charge is 0.489 e. The highest BCUT2D eigenvalue weighted by molar-refractivity contribution is 5.77. The Balaban J connectivity index is 2.27. The molecule has 0 spiro atoms. The average Bonchev–Trinajstić information content (AvgIpc) is 3.16. The number of aromatic nitrogens is 2. The molecule has 1 aromatic heterocycles. The SMILES string of the molecule is C=CCOc1ccc(-c2noc(CN(CCCC)/C(N)=N/O)n2)cc1C(F)(F)F. The zero-order chi connectivity index (χ0) is 21.4. The standard InChI is InChI=1S/C18H22F3N5O3/c1-3-5-8-26(17(22)24-27)11-15-23-16(25-29-15)12-6-7-14(28-9-4-2)13(10-12)18(19,20)21/h4,6-7,10,27H,2-3,5,8-9,11H2,1H3,(H2,22,24). The second-order valence-corrected chi connectivity index (χ2v) is 6.05. The van der Waals surface area contributed by atoms with E-state index in [9.17, 15) is 13.2 Å². The fourth-order valence-corrected chi connectivity index (χ4v) is 2.45. The van der Waals surface area contributed by atoms with E-state index in [-0.39, 0.29) is 42.1 Å². The highest BCUT2D eigenvalue weighted by Crippen LogP contribution is 2.38. The van der Waals surface area contributed by atoms with Gasteiger partial charge in [0, 0.05) is 12.1 Å². The van der Waals surface area contributed by atoms with Crippen molar-refractivity contribution in [3.63, 3.8) is 0 Å². The zero-order valence-electron chi connectivity index (χ0n) is 15.8. The van der Waals surface area contributed by atoms with E-state index >= 15 is 0 Å². The van der Waals surface area contributed by atoms with Gasteiger partial charge in [-0.05, 0) is 24.6 Å². The Kier molecular flexibility index (Phi) is 7.46. The maximum absolute atomic E-state index is 13.4. The van der Waals surface area contributed by atoms with Crippen LogP contribution in [0.4, 0.5) is 13.2 Å². The first-order valence-corrected chi connectivity index (χ1v) is 8.80. The molecule has 0 bridgehead atoms. The lowest BCUT2D eigenvalue weighted by Crippen LogP contribution is -2.37. The predicted molar refractivity (Wildman–Crippen MR) is 99.2 cm³/mol. The first-order valence-electron chi connectivity index (χ1n) is 8.80. The molecule has 0 unspecified atom stereocenters. The molecule has 11 heteroatoms. The van der Waals surface area contributed by atoms with Gasteiger partial charge in [-0.2, -0.15) is 18.2 Å². The molecule has 8 nitrogen and oxygen atoms in total. The number of nitrogens with zero attached hydrogens (tertiary/aromatic N) is 4. The number of halogens is 3. The lowest BCUT2D eigenvalue weighted by atomic mass is 10.1. The second-order valence-electron chi connectivity index (χ2n) is 6.05. The molecule has 0 atom stereocenters. The average molecular weight is 413 g/mol. The van der Waals surface area contributed by atoms with E-state index in [1.54, 1.807) is 0 Å². The minimum Gasteiger partial charge on any atom is -0.489 e. The van der Waals surface area contributed by atoms with Gasteiger partial charge in [-0.3, -0.25) is 0 Å². The number of hydrogen-bond donors (Lipinski definition) is 2. The second kappa shape index (κ2) is 9.80. The summed E-state index contributed by atoms with van der Waals surface area (Å²) in [5.74, 6) is -0.345. The van der Waals surface area contributed by atoms with E-state index < -0.39 is 11.7 Å². The number of ether oxygens (including phenoxy) is 1. The third kappa shape index (κ3) is 5.87. The Morgan fingerprint density at radius 2 is 2.21 bits per heavy atom. The number of benzene rings is 1. The number of nitrogens with two attached hydrogens (primary N) is 1. The predicted octanol–water partition coefficient (Wildman–Crippen LogP) is 3.63. The molecule has 0 saturated carbocycles. The number of unbranched alkanes of at least 4 members (excludes halogenated alkanes) is 1. The number of rotatable bonds is 9. The Morgan fingerprint density at radius 1 is 1.45 bits per heavy atom. The van der Waals surface area contributed by atoms with Gasteiger partial charge in [-0.15, -0.1) is 0 Å². The molecule has 29 heavy (non-hydrogen) atoms.